The zero-order chi connectivity index (χ0) is 14.7. The Labute approximate surface area is 121 Å². The molecule has 0 aromatic heterocycles. The van der Waals surface area contributed by atoms with Crippen molar-refractivity contribution in [2.75, 3.05) is 13.2 Å². The number of aliphatic hydroxyl groups is 4. The van der Waals surface area contributed by atoms with Gasteiger partial charge >= 0.3 is 0 Å². The maximum Gasteiger partial charge on any atom is 0.184 e. The van der Waals surface area contributed by atoms with Crippen LogP contribution in [-0.4, -0.2) is 58.1 Å². The van der Waals surface area contributed by atoms with Gasteiger partial charge in [-0.25, -0.2) is 0 Å². The van der Waals surface area contributed by atoms with Gasteiger partial charge < -0.3 is 29.9 Å². The highest BCUT2D eigenvalue weighted by Gasteiger charge is 2.39. The van der Waals surface area contributed by atoms with Crippen LogP contribution in [0.5, 0.6) is 0 Å². The van der Waals surface area contributed by atoms with Crippen molar-refractivity contribution in [2.24, 2.45) is 0 Å². The molecule has 0 aliphatic carbocycles. The van der Waals surface area contributed by atoms with Gasteiger partial charge in [0.2, 0.25) is 0 Å². The number of ether oxygens (including phenoxy) is 2. The topological polar surface area (TPSA) is 99.4 Å². The second kappa shape index (κ2) is 6.82. The first-order valence-electron chi connectivity index (χ1n) is 6.20. The van der Waals surface area contributed by atoms with E-state index in [0.717, 1.165) is 0 Å². The zero-order valence-corrected chi connectivity index (χ0v) is 11.3. The average Bonchev–Trinajstić information content (AvgIpc) is 2.46. The van der Waals surface area contributed by atoms with Crippen LogP contribution in [0.2, 0.25) is 5.02 Å². The van der Waals surface area contributed by atoms with E-state index < -0.39 is 37.3 Å². The fourth-order valence-electron chi connectivity index (χ4n) is 2.02. The van der Waals surface area contributed by atoms with Crippen molar-refractivity contribution >= 4 is 11.6 Å². The van der Waals surface area contributed by atoms with Gasteiger partial charge in [0.25, 0.3) is 0 Å². The van der Waals surface area contributed by atoms with Gasteiger partial charge in [-0.2, -0.15) is 0 Å². The zero-order valence-electron chi connectivity index (χ0n) is 10.6. The molecular formula is C13H17ClO6. The Balaban J connectivity index is 2.11. The predicted octanol–water partition coefficient (Wildman–Crippen LogP) is -0.171. The normalized spacial score (nSPS) is 29.9. The summed E-state index contributed by atoms with van der Waals surface area (Å²) < 4.78 is 10.8. The maximum atomic E-state index is 9.86. The minimum Gasteiger partial charge on any atom is -0.394 e. The third kappa shape index (κ3) is 3.48. The summed E-state index contributed by atoms with van der Waals surface area (Å²) in [6.45, 7) is -0.687. The molecular weight excluding hydrogens is 288 g/mol. The van der Waals surface area contributed by atoms with E-state index in [9.17, 15) is 15.3 Å². The van der Waals surface area contributed by atoms with Crippen LogP contribution in [0.25, 0.3) is 0 Å². The van der Waals surface area contributed by atoms with Crippen LogP contribution in [0, 0.1) is 0 Å². The van der Waals surface area contributed by atoms with E-state index in [1.54, 1.807) is 24.3 Å². The molecule has 1 unspecified atom stereocenters. The van der Waals surface area contributed by atoms with E-state index in [2.05, 4.69) is 0 Å². The fourth-order valence-corrected chi connectivity index (χ4v) is 2.22. The summed E-state index contributed by atoms with van der Waals surface area (Å²) in [5.74, 6) is 0. The lowest BCUT2D eigenvalue weighted by molar-refractivity contribution is -0.284. The minimum absolute atomic E-state index is 0.0585. The average molecular weight is 305 g/mol. The number of hydrogen-bond donors (Lipinski definition) is 4. The molecule has 0 bridgehead atoms. The minimum atomic E-state index is -1.42. The summed E-state index contributed by atoms with van der Waals surface area (Å²) in [6, 6.07) is 6.81. The van der Waals surface area contributed by atoms with E-state index in [0.29, 0.717) is 10.6 Å². The highest BCUT2D eigenvalue weighted by Crippen LogP contribution is 2.29. The first kappa shape index (κ1) is 15.7. The summed E-state index contributed by atoms with van der Waals surface area (Å²) in [6.07, 6.45) is -5.77. The highest BCUT2D eigenvalue weighted by molar-refractivity contribution is 6.30. The lowest BCUT2D eigenvalue weighted by atomic mass is 10.0. The molecule has 7 heteroatoms. The fraction of sp³-hybridized carbons (Fsp3) is 0.538. The second-order valence-electron chi connectivity index (χ2n) is 4.63. The van der Waals surface area contributed by atoms with Gasteiger partial charge in [-0.3, -0.25) is 0 Å². The monoisotopic (exact) mass is 304 g/mol. The second-order valence-corrected chi connectivity index (χ2v) is 5.07. The molecule has 1 saturated heterocycles. The van der Waals surface area contributed by atoms with Crippen molar-refractivity contribution in [3.63, 3.8) is 0 Å². The Kier molecular flexibility index (Phi) is 5.34. The molecule has 1 heterocycles. The van der Waals surface area contributed by atoms with Crippen LogP contribution in [0.3, 0.4) is 0 Å². The third-order valence-electron chi connectivity index (χ3n) is 3.12. The molecule has 20 heavy (non-hydrogen) atoms. The van der Waals surface area contributed by atoms with Gasteiger partial charge in [-0.05, 0) is 12.1 Å². The predicted molar refractivity (Wildman–Crippen MR) is 70.1 cm³/mol. The lowest BCUT2D eigenvalue weighted by Gasteiger charge is -2.37. The molecule has 1 fully saturated rings. The Morgan fingerprint density at radius 3 is 2.75 bits per heavy atom. The van der Waals surface area contributed by atoms with Crippen LogP contribution in [0.4, 0.5) is 0 Å². The Bertz CT molecular complexity index is 443. The standard InChI is InChI=1S/C13H17ClO6/c14-8-3-1-2-7(4-8)13-19-6-10(17)12(20-13)11(18)9(16)5-15/h1-4,9-13,15-18H,5-6H2/t9-,10+,11-,12-,13?/m0/s1. The first-order chi connectivity index (χ1) is 9.52. The molecule has 0 amide bonds. The number of rotatable bonds is 4. The number of hydrogen-bond acceptors (Lipinski definition) is 6. The molecule has 4 N–H and O–H groups in total. The number of benzene rings is 1. The summed E-state index contributed by atoms with van der Waals surface area (Å²) in [4.78, 5) is 0. The van der Waals surface area contributed by atoms with Crippen LogP contribution in [0.1, 0.15) is 11.9 Å². The number of aliphatic hydroxyl groups excluding tert-OH is 4. The Hall–Kier alpha value is -0.730. The summed E-state index contributed by atoms with van der Waals surface area (Å²) in [5.41, 5.74) is 0.639. The maximum absolute atomic E-state index is 9.86. The van der Waals surface area contributed by atoms with Crippen molar-refractivity contribution in [3.05, 3.63) is 34.9 Å². The molecule has 112 valence electrons. The first-order valence-corrected chi connectivity index (χ1v) is 6.58. The van der Waals surface area contributed by atoms with E-state index in [-0.39, 0.29) is 6.61 Å². The number of halogens is 1. The van der Waals surface area contributed by atoms with Crippen LogP contribution >= 0.6 is 11.6 Å². The van der Waals surface area contributed by atoms with E-state index in [1.165, 1.54) is 0 Å². The van der Waals surface area contributed by atoms with Crippen molar-refractivity contribution in [2.45, 2.75) is 30.7 Å². The van der Waals surface area contributed by atoms with E-state index in [1.807, 2.05) is 0 Å². The van der Waals surface area contributed by atoms with Gasteiger partial charge in [0.05, 0.1) is 13.2 Å². The van der Waals surface area contributed by atoms with Gasteiger partial charge in [0.15, 0.2) is 6.29 Å². The molecule has 1 aromatic carbocycles. The van der Waals surface area contributed by atoms with Crippen LogP contribution < -0.4 is 0 Å². The van der Waals surface area contributed by atoms with Crippen molar-refractivity contribution in [1.82, 2.24) is 0 Å². The largest absolute Gasteiger partial charge is 0.394 e. The molecule has 2 rings (SSSR count). The van der Waals surface area contributed by atoms with Gasteiger partial charge in [0, 0.05) is 10.6 Å². The van der Waals surface area contributed by atoms with E-state index >= 15 is 0 Å². The molecule has 5 atom stereocenters. The molecule has 6 nitrogen and oxygen atoms in total. The molecule has 0 saturated carbocycles. The summed E-state index contributed by atoms with van der Waals surface area (Å²) >= 11 is 5.88. The Morgan fingerprint density at radius 2 is 2.10 bits per heavy atom. The molecule has 1 aromatic rings. The quantitative estimate of drug-likeness (QED) is 0.616. The van der Waals surface area contributed by atoms with Crippen molar-refractivity contribution in [3.8, 4) is 0 Å². The summed E-state index contributed by atoms with van der Waals surface area (Å²) in [7, 11) is 0. The van der Waals surface area contributed by atoms with Crippen molar-refractivity contribution in [1.29, 1.82) is 0 Å². The van der Waals surface area contributed by atoms with Gasteiger partial charge in [-0.1, -0.05) is 23.7 Å². The molecule has 1 aliphatic heterocycles. The lowest BCUT2D eigenvalue weighted by Crippen LogP contribution is -2.52. The van der Waals surface area contributed by atoms with E-state index in [4.69, 9.17) is 26.2 Å². The SMILES string of the molecule is OC[C@H](O)[C@H](O)[C@H]1OC(c2cccc(Cl)c2)OC[C@H]1O. The van der Waals surface area contributed by atoms with Gasteiger partial charge in [-0.15, -0.1) is 0 Å². The van der Waals surface area contributed by atoms with Crippen LogP contribution in [0.15, 0.2) is 24.3 Å². The molecule has 1 aliphatic rings. The molecule has 0 spiro atoms. The van der Waals surface area contributed by atoms with Crippen LogP contribution in [-0.2, 0) is 9.47 Å². The van der Waals surface area contributed by atoms with Gasteiger partial charge in [0.1, 0.15) is 24.4 Å². The third-order valence-corrected chi connectivity index (χ3v) is 3.35. The Morgan fingerprint density at radius 1 is 1.35 bits per heavy atom. The smallest absolute Gasteiger partial charge is 0.184 e. The summed E-state index contributed by atoms with van der Waals surface area (Å²) in [5, 5.41) is 38.4. The highest BCUT2D eigenvalue weighted by atomic mass is 35.5. The molecule has 0 radical (unpaired) electrons. The van der Waals surface area contributed by atoms with Crippen molar-refractivity contribution < 1.29 is 29.9 Å².